The van der Waals surface area contributed by atoms with Gasteiger partial charge < -0.3 is 15.2 Å². The van der Waals surface area contributed by atoms with Gasteiger partial charge in [0.25, 0.3) is 5.91 Å². The molecule has 3 amide bonds. The summed E-state index contributed by atoms with van der Waals surface area (Å²) < 4.78 is 0. The number of para-hydroxylation sites is 2. The lowest BCUT2D eigenvalue weighted by Crippen LogP contribution is -2.32. The van der Waals surface area contributed by atoms with Crippen LogP contribution in [0.2, 0.25) is 0 Å². The Balaban J connectivity index is 1.43. The largest absolute Gasteiger partial charge is 0.340 e. The van der Waals surface area contributed by atoms with Crippen molar-refractivity contribution in [1.29, 1.82) is 0 Å². The van der Waals surface area contributed by atoms with Crippen molar-refractivity contribution in [2.75, 3.05) is 24.5 Å². The quantitative estimate of drug-likeness (QED) is 0.738. The van der Waals surface area contributed by atoms with E-state index in [2.05, 4.69) is 10.3 Å². The maximum atomic E-state index is 13.3. The molecule has 2 fully saturated rings. The number of H-pyrrole nitrogens is 1. The molecule has 3 heterocycles. The van der Waals surface area contributed by atoms with Crippen molar-refractivity contribution in [2.24, 2.45) is 0 Å². The second-order valence-electron chi connectivity index (χ2n) is 7.23. The molecule has 5 rings (SSSR count). The van der Waals surface area contributed by atoms with E-state index in [9.17, 15) is 9.59 Å². The lowest BCUT2D eigenvalue weighted by molar-refractivity contribution is 0.0730. The monoisotopic (exact) mass is 375 g/mol. The molecule has 1 atom stereocenters. The van der Waals surface area contributed by atoms with Gasteiger partial charge >= 0.3 is 6.03 Å². The van der Waals surface area contributed by atoms with E-state index in [4.69, 9.17) is 4.98 Å². The maximum absolute atomic E-state index is 13.3. The molecule has 0 saturated carbocycles. The second-order valence-corrected chi connectivity index (χ2v) is 7.23. The van der Waals surface area contributed by atoms with Gasteiger partial charge in [-0.3, -0.25) is 9.69 Å². The maximum Gasteiger partial charge on any atom is 0.321 e. The molecule has 1 aromatic heterocycles. The number of hydrogen-bond donors (Lipinski definition) is 2. The molecule has 0 bridgehead atoms. The Morgan fingerprint density at radius 1 is 1.11 bits per heavy atom. The number of urea groups is 1. The van der Waals surface area contributed by atoms with Crippen LogP contribution in [0.3, 0.4) is 0 Å². The molecule has 1 unspecified atom stereocenters. The van der Waals surface area contributed by atoms with Gasteiger partial charge in [0, 0.05) is 30.9 Å². The first-order valence-corrected chi connectivity index (χ1v) is 9.62. The Morgan fingerprint density at radius 3 is 2.82 bits per heavy atom. The van der Waals surface area contributed by atoms with Gasteiger partial charge in [-0.15, -0.1) is 0 Å². The van der Waals surface area contributed by atoms with Crippen LogP contribution in [0.4, 0.5) is 10.5 Å². The number of carbonyl (C=O) groups excluding carboxylic acids is 2. The van der Waals surface area contributed by atoms with Crippen molar-refractivity contribution in [3.05, 3.63) is 59.9 Å². The summed E-state index contributed by atoms with van der Waals surface area (Å²) in [6, 6.07) is 15.0. The topological polar surface area (TPSA) is 81.3 Å². The second kappa shape index (κ2) is 6.67. The zero-order valence-electron chi connectivity index (χ0n) is 15.4. The van der Waals surface area contributed by atoms with E-state index >= 15 is 0 Å². The number of likely N-dealkylation sites (tertiary alicyclic amines) is 1. The zero-order valence-corrected chi connectivity index (χ0v) is 15.4. The molecule has 7 nitrogen and oxygen atoms in total. The van der Waals surface area contributed by atoms with Crippen molar-refractivity contribution in [1.82, 2.24) is 20.2 Å². The van der Waals surface area contributed by atoms with Crippen molar-refractivity contribution in [2.45, 2.75) is 18.9 Å². The van der Waals surface area contributed by atoms with Gasteiger partial charge in [0.15, 0.2) is 0 Å². The van der Waals surface area contributed by atoms with Crippen LogP contribution in [0, 0.1) is 0 Å². The van der Waals surface area contributed by atoms with E-state index < -0.39 is 0 Å². The van der Waals surface area contributed by atoms with E-state index in [1.165, 1.54) is 0 Å². The molecule has 7 heteroatoms. The van der Waals surface area contributed by atoms with E-state index in [1.54, 1.807) is 11.0 Å². The first kappa shape index (κ1) is 16.8. The molecule has 0 spiro atoms. The normalized spacial score (nSPS) is 19.4. The van der Waals surface area contributed by atoms with E-state index in [1.807, 2.05) is 47.4 Å². The third-order valence-corrected chi connectivity index (χ3v) is 5.50. The Bertz CT molecular complexity index is 1030. The molecular weight excluding hydrogens is 354 g/mol. The molecule has 0 radical (unpaired) electrons. The zero-order chi connectivity index (χ0) is 19.1. The van der Waals surface area contributed by atoms with Crippen molar-refractivity contribution in [3.63, 3.8) is 0 Å². The lowest BCUT2D eigenvalue weighted by atomic mass is 10.1. The van der Waals surface area contributed by atoms with Crippen molar-refractivity contribution in [3.8, 4) is 0 Å². The lowest BCUT2D eigenvalue weighted by Gasteiger charge is -2.24. The number of rotatable bonds is 3. The summed E-state index contributed by atoms with van der Waals surface area (Å²) >= 11 is 0. The van der Waals surface area contributed by atoms with Crippen LogP contribution in [0.25, 0.3) is 11.0 Å². The van der Waals surface area contributed by atoms with Crippen LogP contribution in [0.15, 0.2) is 48.5 Å². The van der Waals surface area contributed by atoms with Crippen LogP contribution >= 0.6 is 0 Å². The van der Waals surface area contributed by atoms with Crippen molar-refractivity contribution >= 4 is 28.7 Å². The summed E-state index contributed by atoms with van der Waals surface area (Å²) in [6.45, 7) is 1.94. The van der Waals surface area contributed by atoms with Gasteiger partial charge in [-0.05, 0) is 43.2 Å². The first-order valence-electron chi connectivity index (χ1n) is 9.62. The molecule has 2 aromatic carbocycles. The number of fused-ring (bicyclic) bond motifs is 1. The van der Waals surface area contributed by atoms with Crippen molar-refractivity contribution < 1.29 is 9.59 Å². The fourth-order valence-electron chi connectivity index (χ4n) is 4.12. The number of hydrogen-bond acceptors (Lipinski definition) is 3. The molecule has 2 N–H and O–H groups in total. The molecule has 3 aromatic rings. The Labute approximate surface area is 162 Å². The highest BCUT2D eigenvalue weighted by Gasteiger charge is 2.33. The van der Waals surface area contributed by atoms with E-state index in [0.717, 1.165) is 35.4 Å². The number of anilines is 1. The Kier molecular flexibility index (Phi) is 4.00. The first-order chi connectivity index (χ1) is 13.7. The summed E-state index contributed by atoms with van der Waals surface area (Å²) in [7, 11) is 0. The third kappa shape index (κ3) is 2.79. The summed E-state index contributed by atoms with van der Waals surface area (Å²) in [4.78, 5) is 36.8. The number of aromatic nitrogens is 2. The van der Waals surface area contributed by atoms with Gasteiger partial charge in [0.1, 0.15) is 5.82 Å². The van der Waals surface area contributed by atoms with E-state index in [0.29, 0.717) is 25.2 Å². The number of nitrogens with one attached hydrogen (secondary N) is 2. The molecule has 2 aliphatic rings. The number of carbonyl (C=O) groups is 2. The third-order valence-electron chi connectivity index (χ3n) is 5.50. The molecule has 142 valence electrons. The highest BCUT2D eigenvalue weighted by molar-refractivity contribution is 5.98. The average Bonchev–Trinajstić information content (AvgIpc) is 3.45. The summed E-state index contributed by atoms with van der Waals surface area (Å²) in [6.07, 6.45) is 1.83. The highest BCUT2D eigenvalue weighted by atomic mass is 16.2. The van der Waals surface area contributed by atoms with Crippen LogP contribution in [-0.4, -0.2) is 46.4 Å². The fraction of sp³-hybridized carbons (Fsp3) is 0.286. The minimum Gasteiger partial charge on any atom is -0.340 e. The number of aromatic amines is 1. The molecule has 0 aliphatic carbocycles. The SMILES string of the molecule is O=C1NCCN1c1cccc(C(=O)N2CCCC2c2nc3ccccc3[nH]2)c1. The minimum atomic E-state index is -0.120. The smallest absolute Gasteiger partial charge is 0.321 e. The highest BCUT2D eigenvalue weighted by Crippen LogP contribution is 2.33. The summed E-state index contributed by atoms with van der Waals surface area (Å²) in [5, 5.41) is 2.79. The van der Waals surface area contributed by atoms with Gasteiger partial charge in [0.05, 0.1) is 17.1 Å². The number of amides is 3. The standard InChI is InChI=1S/C21H21N5O2/c27-20(14-5-3-6-15(13-14)25-12-10-22-21(25)28)26-11-4-9-18(26)19-23-16-7-1-2-8-17(16)24-19/h1-3,5-8,13,18H,4,9-12H2,(H,22,28)(H,23,24). The Morgan fingerprint density at radius 2 is 2.00 bits per heavy atom. The van der Waals surface area contributed by atoms with Gasteiger partial charge in [-0.2, -0.15) is 0 Å². The summed E-state index contributed by atoms with van der Waals surface area (Å²) in [5.74, 6) is 0.812. The minimum absolute atomic E-state index is 0.0237. The summed E-state index contributed by atoms with van der Waals surface area (Å²) in [5.41, 5.74) is 3.25. The van der Waals surface area contributed by atoms with E-state index in [-0.39, 0.29) is 18.0 Å². The number of nitrogens with zero attached hydrogens (tertiary/aromatic N) is 3. The molecule has 2 saturated heterocycles. The van der Waals surface area contributed by atoms with Crippen LogP contribution in [0.1, 0.15) is 35.1 Å². The molecular formula is C21H21N5O2. The number of benzene rings is 2. The van der Waals surface area contributed by atoms with Crippen LogP contribution in [0.5, 0.6) is 0 Å². The number of imidazole rings is 1. The van der Waals surface area contributed by atoms with Gasteiger partial charge in [0.2, 0.25) is 0 Å². The Hall–Kier alpha value is -3.35. The van der Waals surface area contributed by atoms with Gasteiger partial charge in [-0.1, -0.05) is 18.2 Å². The van der Waals surface area contributed by atoms with Gasteiger partial charge in [-0.25, -0.2) is 9.78 Å². The molecule has 28 heavy (non-hydrogen) atoms. The molecule has 2 aliphatic heterocycles. The fourth-order valence-corrected chi connectivity index (χ4v) is 4.12. The van der Waals surface area contributed by atoms with Crippen LogP contribution < -0.4 is 10.2 Å². The predicted octanol–water partition coefficient (Wildman–Crippen LogP) is 3.07. The van der Waals surface area contributed by atoms with Crippen LogP contribution in [-0.2, 0) is 0 Å². The predicted molar refractivity (Wildman–Crippen MR) is 106 cm³/mol. The average molecular weight is 375 g/mol.